The molecule has 0 bridgehead atoms. The highest BCUT2D eigenvalue weighted by atomic mass is 32.2. The summed E-state index contributed by atoms with van der Waals surface area (Å²) in [5, 5.41) is 7.71. The third-order valence-electron chi connectivity index (χ3n) is 1.70. The number of hydrogen-bond acceptors (Lipinski definition) is 4. The topological polar surface area (TPSA) is 72.5 Å². The summed E-state index contributed by atoms with van der Waals surface area (Å²) in [5.74, 6) is -0.254. The Balaban J connectivity index is 2.61. The molecule has 0 spiro atoms. The van der Waals surface area contributed by atoms with Crippen LogP contribution in [0.2, 0.25) is 0 Å². The number of benzene rings is 1. The molecule has 88 valence electrons. The summed E-state index contributed by atoms with van der Waals surface area (Å²) >= 11 is 1.10. The second-order valence-corrected chi connectivity index (χ2v) is 4.73. The first kappa shape index (κ1) is 12.9. The number of carbonyl (C=O) groups is 1. The van der Waals surface area contributed by atoms with Crippen molar-refractivity contribution in [1.29, 1.82) is 0 Å². The van der Waals surface area contributed by atoms with Gasteiger partial charge in [0.25, 0.3) is 0 Å². The van der Waals surface area contributed by atoms with Crippen molar-refractivity contribution in [2.45, 2.75) is 30.2 Å². The zero-order valence-electron chi connectivity index (χ0n) is 9.21. The molecule has 0 aliphatic rings. The Morgan fingerprint density at radius 1 is 1.38 bits per heavy atom. The normalized spacial score (nSPS) is 12.5. The minimum Gasteiger partial charge on any atom is -0.491 e. The molecular formula is C11H15NO3S. The van der Waals surface area contributed by atoms with E-state index >= 15 is 0 Å². The molecule has 0 saturated carbocycles. The highest BCUT2D eigenvalue weighted by Crippen LogP contribution is 2.23. The van der Waals surface area contributed by atoms with Crippen LogP contribution in [0.5, 0.6) is 5.75 Å². The van der Waals surface area contributed by atoms with Gasteiger partial charge in [0.05, 0.1) is 6.10 Å². The van der Waals surface area contributed by atoms with Crippen molar-refractivity contribution in [3.8, 4) is 5.75 Å². The van der Waals surface area contributed by atoms with Gasteiger partial charge in [0.15, 0.2) is 5.37 Å². The number of rotatable bonds is 5. The largest absolute Gasteiger partial charge is 0.491 e. The number of carboxylic acids is 1. The Morgan fingerprint density at radius 2 is 1.94 bits per heavy atom. The molecule has 0 saturated heterocycles. The first-order chi connectivity index (χ1) is 7.49. The molecule has 0 fully saturated rings. The predicted molar refractivity (Wildman–Crippen MR) is 63.7 cm³/mol. The van der Waals surface area contributed by atoms with Crippen LogP contribution < -0.4 is 10.5 Å². The van der Waals surface area contributed by atoms with Gasteiger partial charge in [0, 0.05) is 4.90 Å². The molecule has 1 aromatic rings. The lowest BCUT2D eigenvalue weighted by Gasteiger charge is -2.10. The Bertz CT molecular complexity index is 351. The third kappa shape index (κ3) is 4.12. The van der Waals surface area contributed by atoms with Crippen LogP contribution in [0.4, 0.5) is 0 Å². The molecule has 0 radical (unpaired) electrons. The zero-order chi connectivity index (χ0) is 12.1. The molecule has 3 N–H and O–H groups in total. The number of thioether (sulfide) groups is 1. The van der Waals surface area contributed by atoms with E-state index in [2.05, 4.69) is 0 Å². The zero-order valence-corrected chi connectivity index (χ0v) is 10.0. The van der Waals surface area contributed by atoms with Crippen LogP contribution in [0.3, 0.4) is 0 Å². The molecular weight excluding hydrogens is 226 g/mol. The molecule has 1 unspecified atom stereocenters. The lowest BCUT2D eigenvalue weighted by atomic mass is 10.3. The Hall–Kier alpha value is -1.20. The van der Waals surface area contributed by atoms with E-state index in [1.165, 1.54) is 0 Å². The minimum absolute atomic E-state index is 0.125. The van der Waals surface area contributed by atoms with Crippen molar-refractivity contribution in [3.63, 3.8) is 0 Å². The molecule has 0 amide bonds. The van der Waals surface area contributed by atoms with Crippen molar-refractivity contribution in [3.05, 3.63) is 24.3 Å². The average Bonchev–Trinajstić information content (AvgIpc) is 2.20. The summed E-state index contributed by atoms with van der Waals surface area (Å²) in [4.78, 5) is 11.4. The van der Waals surface area contributed by atoms with E-state index in [0.29, 0.717) is 0 Å². The number of aliphatic carboxylic acids is 1. The van der Waals surface area contributed by atoms with E-state index in [1.54, 1.807) is 24.3 Å². The molecule has 0 aromatic heterocycles. The lowest BCUT2D eigenvalue weighted by molar-refractivity contribution is -0.136. The first-order valence-corrected chi connectivity index (χ1v) is 5.79. The Morgan fingerprint density at radius 3 is 2.38 bits per heavy atom. The van der Waals surface area contributed by atoms with Gasteiger partial charge in [-0.05, 0) is 38.1 Å². The van der Waals surface area contributed by atoms with Gasteiger partial charge in [0.1, 0.15) is 5.75 Å². The Labute approximate surface area is 98.8 Å². The molecule has 0 heterocycles. The van der Waals surface area contributed by atoms with Crippen LogP contribution >= 0.6 is 11.8 Å². The number of ether oxygens (including phenoxy) is 1. The first-order valence-electron chi connectivity index (χ1n) is 4.91. The van der Waals surface area contributed by atoms with Crippen molar-refractivity contribution >= 4 is 17.7 Å². The highest BCUT2D eigenvalue weighted by Gasteiger charge is 2.12. The van der Waals surface area contributed by atoms with E-state index < -0.39 is 11.3 Å². The SMILES string of the molecule is CC(C)Oc1ccc(SC(N)C(=O)O)cc1. The summed E-state index contributed by atoms with van der Waals surface area (Å²) in [7, 11) is 0. The standard InChI is InChI=1S/C11H15NO3S/c1-7(2)15-8-3-5-9(6-4-8)16-10(12)11(13)14/h3-7,10H,12H2,1-2H3,(H,13,14). The van der Waals surface area contributed by atoms with Crippen LogP contribution in [-0.2, 0) is 4.79 Å². The van der Waals surface area contributed by atoms with Crippen molar-refractivity contribution in [1.82, 2.24) is 0 Å². The van der Waals surface area contributed by atoms with E-state index in [1.807, 2.05) is 13.8 Å². The van der Waals surface area contributed by atoms with Crippen LogP contribution in [0.1, 0.15) is 13.8 Å². The summed E-state index contributed by atoms with van der Waals surface area (Å²) in [5.41, 5.74) is 5.40. The van der Waals surface area contributed by atoms with Crippen LogP contribution in [0.25, 0.3) is 0 Å². The quantitative estimate of drug-likeness (QED) is 0.609. The fraction of sp³-hybridized carbons (Fsp3) is 0.364. The van der Waals surface area contributed by atoms with Crippen molar-refractivity contribution in [2.75, 3.05) is 0 Å². The van der Waals surface area contributed by atoms with E-state index in [9.17, 15) is 4.79 Å². The third-order valence-corrected chi connectivity index (χ3v) is 2.70. The molecule has 5 heteroatoms. The molecule has 1 rings (SSSR count). The van der Waals surface area contributed by atoms with Crippen molar-refractivity contribution in [2.24, 2.45) is 5.73 Å². The van der Waals surface area contributed by atoms with Gasteiger partial charge < -0.3 is 15.6 Å². The molecule has 4 nitrogen and oxygen atoms in total. The molecule has 0 aliphatic heterocycles. The fourth-order valence-electron chi connectivity index (χ4n) is 1.07. The summed E-state index contributed by atoms with van der Waals surface area (Å²) < 4.78 is 5.46. The van der Waals surface area contributed by atoms with Gasteiger partial charge in [-0.1, -0.05) is 11.8 Å². The van der Waals surface area contributed by atoms with E-state index in [-0.39, 0.29) is 6.10 Å². The van der Waals surface area contributed by atoms with Gasteiger partial charge in [-0.2, -0.15) is 0 Å². The second-order valence-electron chi connectivity index (χ2n) is 3.51. The second kappa shape index (κ2) is 5.77. The fourth-order valence-corrected chi connectivity index (χ4v) is 1.75. The summed E-state index contributed by atoms with van der Waals surface area (Å²) in [6, 6.07) is 7.20. The van der Waals surface area contributed by atoms with Crippen LogP contribution in [0.15, 0.2) is 29.2 Å². The molecule has 1 atom stereocenters. The molecule has 1 aromatic carbocycles. The van der Waals surface area contributed by atoms with E-state index in [4.69, 9.17) is 15.6 Å². The summed E-state index contributed by atoms with van der Waals surface area (Å²) in [6.07, 6.45) is 0.125. The smallest absolute Gasteiger partial charge is 0.331 e. The lowest BCUT2D eigenvalue weighted by Crippen LogP contribution is -2.25. The maximum atomic E-state index is 10.5. The highest BCUT2D eigenvalue weighted by molar-refractivity contribution is 8.00. The van der Waals surface area contributed by atoms with Crippen LogP contribution in [0, 0.1) is 0 Å². The van der Waals surface area contributed by atoms with E-state index in [0.717, 1.165) is 22.4 Å². The maximum absolute atomic E-state index is 10.5. The maximum Gasteiger partial charge on any atom is 0.331 e. The van der Waals surface area contributed by atoms with Crippen LogP contribution in [-0.4, -0.2) is 22.6 Å². The predicted octanol–water partition coefficient (Wildman–Crippen LogP) is 1.94. The average molecular weight is 241 g/mol. The molecule has 0 aliphatic carbocycles. The van der Waals surface area contributed by atoms with Gasteiger partial charge in [-0.25, -0.2) is 4.79 Å². The van der Waals surface area contributed by atoms with Gasteiger partial charge in [-0.3, -0.25) is 0 Å². The van der Waals surface area contributed by atoms with Gasteiger partial charge in [0.2, 0.25) is 0 Å². The monoisotopic (exact) mass is 241 g/mol. The van der Waals surface area contributed by atoms with Crippen molar-refractivity contribution < 1.29 is 14.6 Å². The minimum atomic E-state index is -1.02. The number of carboxylic acid groups (broad SMARTS) is 1. The number of nitrogens with two attached hydrogens (primary N) is 1. The van der Waals surface area contributed by atoms with Gasteiger partial charge >= 0.3 is 5.97 Å². The Kier molecular flexibility index (Phi) is 4.64. The number of hydrogen-bond donors (Lipinski definition) is 2. The summed E-state index contributed by atoms with van der Waals surface area (Å²) in [6.45, 7) is 3.89. The van der Waals surface area contributed by atoms with Gasteiger partial charge in [-0.15, -0.1) is 0 Å². The molecule has 16 heavy (non-hydrogen) atoms.